The fourth-order valence-corrected chi connectivity index (χ4v) is 1.39. The predicted octanol–water partition coefficient (Wildman–Crippen LogP) is 0.784. The molecule has 0 saturated carbocycles. The maximum atomic E-state index is 5.55. The second kappa shape index (κ2) is 5.78. The number of aromatic nitrogens is 2. The minimum atomic E-state index is 0.336. The smallest absolute Gasteiger partial charge is 0.0673 e. The standard InChI is InChI=1S/C11H20N4/c1-4-11-10(5-8(2)14-15-11)7-13-9(3)6-12/h5,9,13H,4,6-7,12H2,1-3H3/t9-/m0/s1. The molecule has 0 saturated heterocycles. The van der Waals surface area contributed by atoms with Crippen LogP contribution < -0.4 is 11.1 Å². The zero-order valence-corrected chi connectivity index (χ0v) is 9.75. The molecule has 1 aromatic rings. The van der Waals surface area contributed by atoms with Gasteiger partial charge in [0.25, 0.3) is 0 Å². The molecule has 3 N–H and O–H groups in total. The highest BCUT2D eigenvalue weighted by Gasteiger charge is 2.05. The number of hydrogen-bond acceptors (Lipinski definition) is 4. The molecule has 1 heterocycles. The number of rotatable bonds is 5. The summed E-state index contributed by atoms with van der Waals surface area (Å²) in [6, 6.07) is 2.42. The summed E-state index contributed by atoms with van der Waals surface area (Å²) < 4.78 is 0. The van der Waals surface area contributed by atoms with Crippen LogP contribution in [0.1, 0.15) is 30.8 Å². The monoisotopic (exact) mass is 208 g/mol. The van der Waals surface area contributed by atoms with Crippen LogP contribution in [0.4, 0.5) is 0 Å². The largest absolute Gasteiger partial charge is 0.329 e. The summed E-state index contributed by atoms with van der Waals surface area (Å²) in [4.78, 5) is 0. The van der Waals surface area contributed by atoms with Crippen molar-refractivity contribution in [3.05, 3.63) is 23.0 Å². The van der Waals surface area contributed by atoms with E-state index in [-0.39, 0.29) is 0 Å². The normalized spacial score (nSPS) is 12.8. The lowest BCUT2D eigenvalue weighted by Gasteiger charge is -2.13. The van der Waals surface area contributed by atoms with E-state index in [9.17, 15) is 0 Å². The highest BCUT2D eigenvalue weighted by Crippen LogP contribution is 2.07. The Bertz CT molecular complexity index is 311. The lowest BCUT2D eigenvalue weighted by atomic mass is 10.1. The third kappa shape index (κ3) is 3.57. The van der Waals surface area contributed by atoms with Crippen molar-refractivity contribution in [1.29, 1.82) is 0 Å². The van der Waals surface area contributed by atoms with Crippen molar-refractivity contribution in [3.63, 3.8) is 0 Å². The second-order valence-electron chi connectivity index (χ2n) is 3.83. The molecule has 0 fully saturated rings. The van der Waals surface area contributed by atoms with Gasteiger partial charge in [-0.1, -0.05) is 6.92 Å². The van der Waals surface area contributed by atoms with E-state index in [1.54, 1.807) is 0 Å². The number of aryl methyl sites for hydroxylation is 2. The molecule has 0 amide bonds. The van der Waals surface area contributed by atoms with E-state index < -0.39 is 0 Å². The summed E-state index contributed by atoms with van der Waals surface area (Å²) in [6.45, 7) is 7.60. The van der Waals surface area contributed by atoms with Gasteiger partial charge in [0.05, 0.1) is 11.4 Å². The summed E-state index contributed by atoms with van der Waals surface area (Å²) in [5.41, 5.74) is 8.80. The first-order valence-electron chi connectivity index (χ1n) is 5.42. The highest BCUT2D eigenvalue weighted by molar-refractivity contribution is 5.20. The van der Waals surface area contributed by atoms with Crippen molar-refractivity contribution >= 4 is 0 Å². The molecule has 1 aromatic heterocycles. The van der Waals surface area contributed by atoms with Gasteiger partial charge in [-0.25, -0.2) is 0 Å². The number of nitrogens with two attached hydrogens (primary N) is 1. The van der Waals surface area contributed by atoms with E-state index in [0.29, 0.717) is 12.6 Å². The Morgan fingerprint density at radius 3 is 2.80 bits per heavy atom. The molecule has 0 aliphatic carbocycles. The Morgan fingerprint density at radius 2 is 2.20 bits per heavy atom. The minimum absolute atomic E-state index is 0.336. The molecule has 1 atom stereocenters. The summed E-state index contributed by atoms with van der Waals surface area (Å²) in [7, 11) is 0. The van der Waals surface area contributed by atoms with Gasteiger partial charge in [0.2, 0.25) is 0 Å². The van der Waals surface area contributed by atoms with Gasteiger partial charge in [0, 0.05) is 19.1 Å². The molecule has 0 radical (unpaired) electrons. The predicted molar refractivity (Wildman–Crippen MR) is 61.5 cm³/mol. The van der Waals surface area contributed by atoms with Gasteiger partial charge in [0.15, 0.2) is 0 Å². The maximum absolute atomic E-state index is 5.55. The quantitative estimate of drug-likeness (QED) is 0.750. The molecule has 1 rings (SSSR count). The van der Waals surface area contributed by atoms with Gasteiger partial charge in [-0.05, 0) is 31.9 Å². The first kappa shape index (κ1) is 12.1. The first-order chi connectivity index (χ1) is 7.17. The van der Waals surface area contributed by atoms with E-state index in [2.05, 4.69) is 35.4 Å². The first-order valence-corrected chi connectivity index (χ1v) is 5.42. The summed E-state index contributed by atoms with van der Waals surface area (Å²) in [6.07, 6.45) is 0.918. The molecule has 0 bridgehead atoms. The Balaban J connectivity index is 2.69. The molecule has 0 aliphatic heterocycles. The Kier molecular flexibility index (Phi) is 4.65. The molecule has 0 aliphatic rings. The van der Waals surface area contributed by atoms with Crippen LogP contribution in [0.5, 0.6) is 0 Å². The number of hydrogen-bond donors (Lipinski definition) is 2. The lowest BCUT2D eigenvalue weighted by molar-refractivity contribution is 0.552. The van der Waals surface area contributed by atoms with Gasteiger partial charge in [-0.3, -0.25) is 0 Å². The fraction of sp³-hybridized carbons (Fsp3) is 0.636. The van der Waals surface area contributed by atoms with Crippen molar-refractivity contribution < 1.29 is 0 Å². The Hall–Kier alpha value is -1.00. The molecule has 0 unspecified atom stereocenters. The van der Waals surface area contributed by atoms with Crippen LogP contribution >= 0.6 is 0 Å². The van der Waals surface area contributed by atoms with E-state index in [4.69, 9.17) is 5.73 Å². The van der Waals surface area contributed by atoms with Crippen LogP contribution in [0, 0.1) is 6.92 Å². The third-order valence-electron chi connectivity index (χ3n) is 2.41. The summed E-state index contributed by atoms with van der Waals surface area (Å²) in [5, 5.41) is 11.6. The van der Waals surface area contributed by atoms with E-state index >= 15 is 0 Å². The molecular formula is C11H20N4. The van der Waals surface area contributed by atoms with Gasteiger partial charge < -0.3 is 11.1 Å². The van der Waals surface area contributed by atoms with Crippen LogP contribution in [0.25, 0.3) is 0 Å². The molecule has 4 nitrogen and oxygen atoms in total. The van der Waals surface area contributed by atoms with Crippen LogP contribution in [-0.2, 0) is 13.0 Å². The van der Waals surface area contributed by atoms with Crippen molar-refractivity contribution in [2.45, 2.75) is 39.8 Å². The third-order valence-corrected chi connectivity index (χ3v) is 2.41. The van der Waals surface area contributed by atoms with Crippen LogP contribution in [-0.4, -0.2) is 22.8 Å². The topological polar surface area (TPSA) is 63.8 Å². The van der Waals surface area contributed by atoms with Gasteiger partial charge in [-0.15, -0.1) is 0 Å². The van der Waals surface area contributed by atoms with E-state index in [1.807, 2.05) is 6.92 Å². The zero-order chi connectivity index (χ0) is 11.3. The molecule has 4 heteroatoms. The Morgan fingerprint density at radius 1 is 1.47 bits per heavy atom. The Labute approximate surface area is 91.3 Å². The SMILES string of the molecule is CCc1nnc(C)cc1CN[C@@H](C)CN. The van der Waals surface area contributed by atoms with Crippen LogP contribution in [0.3, 0.4) is 0 Å². The van der Waals surface area contributed by atoms with Crippen molar-refractivity contribution in [2.24, 2.45) is 5.73 Å². The van der Waals surface area contributed by atoms with E-state index in [1.165, 1.54) is 5.56 Å². The van der Waals surface area contributed by atoms with Crippen molar-refractivity contribution in [3.8, 4) is 0 Å². The van der Waals surface area contributed by atoms with Crippen LogP contribution in [0.15, 0.2) is 6.07 Å². The summed E-state index contributed by atoms with van der Waals surface area (Å²) >= 11 is 0. The zero-order valence-electron chi connectivity index (χ0n) is 9.75. The van der Waals surface area contributed by atoms with Crippen molar-refractivity contribution in [1.82, 2.24) is 15.5 Å². The molecule has 0 spiro atoms. The second-order valence-corrected chi connectivity index (χ2v) is 3.83. The average Bonchev–Trinajstić information content (AvgIpc) is 2.26. The van der Waals surface area contributed by atoms with Gasteiger partial charge in [-0.2, -0.15) is 10.2 Å². The van der Waals surface area contributed by atoms with Crippen LogP contribution in [0.2, 0.25) is 0 Å². The maximum Gasteiger partial charge on any atom is 0.0673 e. The summed E-state index contributed by atoms with van der Waals surface area (Å²) in [5.74, 6) is 0. The lowest BCUT2D eigenvalue weighted by Crippen LogP contribution is -2.33. The van der Waals surface area contributed by atoms with E-state index in [0.717, 1.165) is 24.4 Å². The van der Waals surface area contributed by atoms with Crippen molar-refractivity contribution in [2.75, 3.05) is 6.54 Å². The molecular weight excluding hydrogens is 188 g/mol. The number of nitrogens with zero attached hydrogens (tertiary/aromatic N) is 2. The molecule has 84 valence electrons. The van der Waals surface area contributed by atoms with Gasteiger partial charge >= 0.3 is 0 Å². The molecule has 15 heavy (non-hydrogen) atoms. The van der Waals surface area contributed by atoms with Gasteiger partial charge in [0.1, 0.15) is 0 Å². The highest BCUT2D eigenvalue weighted by atomic mass is 15.1. The molecule has 0 aromatic carbocycles. The minimum Gasteiger partial charge on any atom is -0.329 e. The fourth-order valence-electron chi connectivity index (χ4n) is 1.39. The number of nitrogens with one attached hydrogen (secondary N) is 1. The average molecular weight is 208 g/mol.